The van der Waals surface area contributed by atoms with Crippen LogP contribution in [-0.4, -0.2) is 25.2 Å². The predicted octanol–water partition coefficient (Wildman–Crippen LogP) is 3.72. The molecule has 0 spiro atoms. The number of benzene rings is 1. The Labute approximate surface area is 118 Å². The van der Waals surface area contributed by atoms with Crippen molar-refractivity contribution in [3.05, 3.63) is 33.3 Å². The minimum Gasteiger partial charge on any atom is -0.385 e. The van der Waals surface area contributed by atoms with Crippen LogP contribution in [0.25, 0.3) is 0 Å². The Bertz CT molecular complexity index is 450. The molecule has 0 saturated carbocycles. The first kappa shape index (κ1) is 15.7. The fraction of sp³-hybridized carbons (Fsp3) is 0.538. The molecular formula is C13H19ClN2O3. The third kappa shape index (κ3) is 5.04. The van der Waals surface area contributed by atoms with E-state index >= 15 is 0 Å². The number of nitro benzene ring substituents is 1. The second-order valence-corrected chi connectivity index (χ2v) is 5.62. The zero-order valence-corrected chi connectivity index (χ0v) is 12.2. The van der Waals surface area contributed by atoms with Gasteiger partial charge in [0.1, 0.15) is 5.69 Å². The van der Waals surface area contributed by atoms with E-state index in [2.05, 4.69) is 19.2 Å². The quantitative estimate of drug-likeness (QED) is 0.613. The van der Waals surface area contributed by atoms with Crippen molar-refractivity contribution in [1.29, 1.82) is 0 Å². The number of hydrogen-bond donors (Lipinski definition) is 1. The van der Waals surface area contributed by atoms with Crippen molar-refractivity contribution in [2.24, 2.45) is 5.41 Å². The van der Waals surface area contributed by atoms with Gasteiger partial charge in [0, 0.05) is 31.4 Å². The highest BCUT2D eigenvalue weighted by Crippen LogP contribution is 2.29. The summed E-state index contributed by atoms with van der Waals surface area (Å²) in [5, 5.41) is 14.5. The number of methoxy groups -OCH3 is 1. The van der Waals surface area contributed by atoms with E-state index in [0.717, 1.165) is 6.42 Å². The van der Waals surface area contributed by atoms with Gasteiger partial charge >= 0.3 is 0 Å². The molecule has 5 nitrogen and oxygen atoms in total. The lowest BCUT2D eigenvalue weighted by Gasteiger charge is -2.25. The van der Waals surface area contributed by atoms with Crippen molar-refractivity contribution >= 4 is 23.0 Å². The van der Waals surface area contributed by atoms with Crippen LogP contribution in [0.1, 0.15) is 20.3 Å². The average molecular weight is 287 g/mol. The Morgan fingerprint density at radius 2 is 2.16 bits per heavy atom. The van der Waals surface area contributed by atoms with E-state index in [-0.39, 0.29) is 11.1 Å². The van der Waals surface area contributed by atoms with Crippen LogP contribution >= 0.6 is 11.6 Å². The summed E-state index contributed by atoms with van der Waals surface area (Å²) in [7, 11) is 1.66. The van der Waals surface area contributed by atoms with Crippen LogP contribution in [0, 0.1) is 15.5 Å². The molecule has 0 aliphatic heterocycles. The number of halogens is 1. The van der Waals surface area contributed by atoms with Crippen molar-refractivity contribution in [2.45, 2.75) is 20.3 Å². The monoisotopic (exact) mass is 286 g/mol. The first-order valence-corrected chi connectivity index (χ1v) is 6.40. The molecule has 0 atom stereocenters. The van der Waals surface area contributed by atoms with Crippen molar-refractivity contribution in [1.82, 2.24) is 0 Å². The molecule has 0 saturated heterocycles. The van der Waals surface area contributed by atoms with Crippen LogP contribution in [0.5, 0.6) is 0 Å². The summed E-state index contributed by atoms with van der Waals surface area (Å²) < 4.78 is 5.05. The topological polar surface area (TPSA) is 64.4 Å². The van der Waals surface area contributed by atoms with Gasteiger partial charge in [0.25, 0.3) is 5.69 Å². The number of nitro groups is 1. The molecule has 0 unspecified atom stereocenters. The largest absolute Gasteiger partial charge is 0.385 e. The summed E-state index contributed by atoms with van der Waals surface area (Å²) in [6.45, 7) is 5.43. The highest BCUT2D eigenvalue weighted by atomic mass is 35.5. The third-order valence-electron chi connectivity index (χ3n) is 2.90. The van der Waals surface area contributed by atoms with Crippen LogP contribution in [0.15, 0.2) is 18.2 Å². The first-order valence-electron chi connectivity index (χ1n) is 6.02. The number of hydrogen-bond acceptors (Lipinski definition) is 4. The van der Waals surface area contributed by atoms with Gasteiger partial charge in [-0.15, -0.1) is 0 Å². The molecule has 19 heavy (non-hydrogen) atoms. The van der Waals surface area contributed by atoms with Gasteiger partial charge in [-0.1, -0.05) is 25.4 Å². The smallest absolute Gasteiger partial charge is 0.292 e. The number of nitrogens with zero attached hydrogens (tertiary/aromatic N) is 1. The molecule has 0 bridgehead atoms. The maximum atomic E-state index is 10.9. The number of nitrogens with one attached hydrogen (secondary N) is 1. The summed E-state index contributed by atoms with van der Waals surface area (Å²) in [5.74, 6) is 0. The number of anilines is 1. The van der Waals surface area contributed by atoms with E-state index < -0.39 is 4.92 Å². The lowest BCUT2D eigenvalue weighted by atomic mass is 9.89. The second kappa shape index (κ2) is 6.73. The lowest BCUT2D eigenvalue weighted by Crippen LogP contribution is -2.24. The van der Waals surface area contributed by atoms with Crippen molar-refractivity contribution in [2.75, 3.05) is 25.6 Å². The Balaban J connectivity index is 2.76. The average Bonchev–Trinajstić information content (AvgIpc) is 2.34. The number of ether oxygens (including phenoxy) is 1. The van der Waals surface area contributed by atoms with Gasteiger partial charge < -0.3 is 10.1 Å². The maximum Gasteiger partial charge on any atom is 0.292 e. The molecule has 1 N–H and O–H groups in total. The molecule has 0 aliphatic rings. The Morgan fingerprint density at radius 1 is 1.47 bits per heavy atom. The molecule has 6 heteroatoms. The predicted molar refractivity (Wildman–Crippen MR) is 76.9 cm³/mol. The Kier molecular flexibility index (Phi) is 5.57. The van der Waals surface area contributed by atoms with E-state index in [1.807, 2.05) is 0 Å². The minimum atomic E-state index is -0.416. The number of rotatable bonds is 7. The van der Waals surface area contributed by atoms with Crippen LogP contribution in [0.4, 0.5) is 11.4 Å². The van der Waals surface area contributed by atoms with Gasteiger partial charge in [0.15, 0.2) is 0 Å². The lowest BCUT2D eigenvalue weighted by molar-refractivity contribution is -0.384. The highest BCUT2D eigenvalue weighted by Gasteiger charge is 2.20. The SMILES string of the molecule is COCCC(C)(C)CNc1cc(Cl)ccc1[N+](=O)[O-]. The summed E-state index contributed by atoms with van der Waals surface area (Å²) in [6.07, 6.45) is 0.866. The van der Waals surface area contributed by atoms with E-state index in [4.69, 9.17) is 16.3 Å². The normalized spacial score (nSPS) is 11.4. The van der Waals surface area contributed by atoms with Crippen molar-refractivity contribution in [3.63, 3.8) is 0 Å². The van der Waals surface area contributed by atoms with Crippen LogP contribution in [0.3, 0.4) is 0 Å². The van der Waals surface area contributed by atoms with E-state index in [1.165, 1.54) is 12.1 Å². The summed E-state index contributed by atoms with van der Waals surface area (Å²) in [6, 6.07) is 4.50. The zero-order chi connectivity index (χ0) is 14.5. The molecule has 1 aromatic carbocycles. The fourth-order valence-electron chi connectivity index (χ4n) is 1.61. The van der Waals surface area contributed by atoms with Gasteiger partial charge in [-0.25, -0.2) is 0 Å². The second-order valence-electron chi connectivity index (χ2n) is 5.18. The maximum absolute atomic E-state index is 10.9. The van der Waals surface area contributed by atoms with Crippen molar-refractivity contribution < 1.29 is 9.66 Å². The molecule has 0 fully saturated rings. The summed E-state index contributed by atoms with van der Waals surface area (Å²) >= 11 is 5.87. The molecule has 0 aromatic heterocycles. The molecule has 106 valence electrons. The molecule has 0 heterocycles. The Hall–Kier alpha value is -1.33. The fourth-order valence-corrected chi connectivity index (χ4v) is 1.78. The third-order valence-corrected chi connectivity index (χ3v) is 3.13. The van der Waals surface area contributed by atoms with Crippen LogP contribution < -0.4 is 5.32 Å². The molecule has 0 aliphatic carbocycles. The van der Waals surface area contributed by atoms with E-state index in [9.17, 15) is 10.1 Å². The molecule has 0 radical (unpaired) electrons. The summed E-state index contributed by atoms with van der Waals surface area (Å²) in [4.78, 5) is 10.5. The van der Waals surface area contributed by atoms with Gasteiger partial charge in [-0.3, -0.25) is 10.1 Å². The van der Waals surface area contributed by atoms with Gasteiger partial charge in [0.05, 0.1) is 4.92 Å². The van der Waals surface area contributed by atoms with Crippen molar-refractivity contribution in [3.8, 4) is 0 Å². The molecular weight excluding hydrogens is 268 g/mol. The molecule has 1 rings (SSSR count). The van der Waals surface area contributed by atoms with E-state index in [1.54, 1.807) is 13.2 Å². The van der Waals surface area contributed by atoms with E-state index in [0.29, 0.717) is 23.9 Å². The van der Waals surface area contributed by atoms with Gasteiger partial charge in [0.2, 0.25) is 0 Å². The van der Waals surface area contributed by atoms with Crippen LogP contribution in [0.2, 0.25) is 5.02 Å². The minimum absolute atomic E-state index is 0.0216. The Morgan fingerprint density at radius 3 is 2.74 bits per heavy atom. The van der Waals surface area contributed by atoms with Crippen LogP contribution in [-0.2, 0) is 4.74 Å². The first-order chi connectivity index (χ1) is 8.85. The molecule has 0 amide bonds. The van der Waals surface area contributed by atoms with Gasteiger partial charge in [-0.05, 0) is 24.0 Å². The van der Waals surface area contributed by atoms with Gasteiger partial charge in [-0.2, -0.15) is 0 Å². The summed E-state index contributed by atoms with van der Waals surface area (Å²) in [5.41, 5.74) is 0.460. The zero-order valence-electron chi connectivity index (χ0n) is 11.4. The standard InChI is InChI=1S/C13H19ClN2O3/c1-13(2,6-7-19-3)9-15-11-8-10(14)4-5-12(11)16(17)18/h4-5,8,15H,6-7,9H2,1-3H3. The molecule has 1 aromatic rings. The highest BCUT2D eigenvalue weighted by molar-refractivity contribution is 6.31.